The Morgan fingerprint density at radius 3 is 2.55 bits per heavy atom. The number of amides is 2. The predicted molar refractivity (Wildman–Crippen MR) is 77.7 cm³/mol. The largest absolute Gasteiger partial charge is 0.418 e. The van der Waals surface area contributed by atoms with E-state index in [2.05, 4.69) is 17.2 Å². The highest BCUT2D eigenvalue weighted by Crippen LogP contribution is 2.17. The van der Waals surface area contributed by atoms with E-state index < -0.39 is 6.09 Å². The van der Waals surface area contributed by atoms with Crippen molar-refractivity contribution < 1.29 is 14.3 Å². The van der Waals surface area contributed by atoms with Gasteiger partial charge in [0.1, 0.15) is 0 Å². The van der Waals surface area contributed by atoms with E-state index in [9.17, 15) is 9.59 Å². The molecule has 0 atom stereocenters. The standard InChI is InChI=1S/C15H22N2O3/c1-3-13(16-12(2)18)10-7-11-20-15(19)17-14-8-5-4-6-9-14/h3,7,10-11,14H,1,4-6,8-9H2,2H3,(H,16,18)(H,17,19)/b11-7+,13-10+. The molecule has 0 heterocycles. The molecule has 20 heavy (non-hydrogen) atoms. The molecule has 0 bridgehead atoms. The SMILES string of the molecule is C=C/C(=C\C=C\OC(=O)NC1CCCCC1)NC(C)=O. The number of carbonyl (C=O) groups is 2. The van der Waals surface area contributed by atoms with Gasteiger partial charge in [0.2, 0.25) is 5.91 Å². The molecule has 0 radical (unpaired) electrons. The van der Waals surface area contributed by atoms with E-state index in [0.717, 1.165) is 25.7 Å². The van der Waals surface area contributed by atoms with Crippen LogP contribution in [0, 0.1) is 0 Å². The van der Waals surface area contributed by atoms with Crippen molar-refractivity contribution in [2.75, 3.05) is 0 Å². The first-order chi connectivity index (χ1) is 9.61. The number of ether oxygens (including phenoxy) is 1. The summed E-state index contributed by atoms with van der Waals surface area (Å²) in [6, 6.07) is 0.225. The summed E-state index contributed by atoms with van der Waals surface area (Å²) in [5, 5.41) is 5.41. The van der Waals surface area contributed by atoms with Crippen molar-refractivity contribution >= 4 is 12.0 Å². The number of alkyl carbamates (subject to hydrolysis) is 1. The lowest BCUT2D eigenvalue weighted by Gasteiger charge is -2.21. The second kappa shape index (κ2) is 8.96. The smallest absolute Gasteiger partial charge is 0.412 e. The van der Waals surface area contributed by atoms with Crippen LogP contribution in [0.1, 0.15) is 39.0 Å². The van der Waals surface area contributed by atoms with E-state index >= 15 is 0 Å². The van der Waals surface area contributed by atoms with Gasteiger partial charge in [-0.1, -0.05) is 25.8 Å². The Morgan fingerprint density at radius 2 is 1.95 bits per heavy atom. The average molecular weight is 278 g/mol. The van der Waals surface area contributed by atoms with E-state index in [-0.39, 0.29) is 11.9 Å². The molecule has 0 aromatic rings. The molecule has 1 rings (SSSR count). The maximum Gasteiger partial charge on any atom is 0.412 e. The number of allylic oxidation sites excluding steroid dienone is 3. The van der Waals surface area contributed by atoms with Crippen LogP contribution in [0.25, 0.3) is 0 Å². The molecule has 0 aromatic heterocycles. The Labute approximate surface area is 119 Å². The molecule has 0 saturated heterocycles. The second-order valence-electron chi connectivity index (χ2n) is 4.72. The van der Waals surface area contributed by atoms with Crippen molar-refractivity contribution in [1.29, 1.82) is 0 Å². The van der Waals surface area contributed by atoms with Crippen molar-refractivity contribution in [2.45, 2.75) is 45.1 Å². The Morgan fingerprint density at radius 1 is 1.25 bits per heavy atom. The summed E-state index contributed by atoms with van der Waals surface area (Å²) >= 11 is 0. The first kappa shape index (κ1) is 16.0. The van der Waals surface area contributed by atoms with E-state index in [1.807, 2.05) is 0 Å². The molecule has 1 aliphatic rings. The molecule has 1 aliphatic carbocycles. The van der Waals surface area contributed by atoms with Crippen LogP contribution in [0.15, 0.2) is 36.8 Å². The Hall–Kier alpha value is -2.04. The highest BCUT2D eigenvalue weighted by atomic mass is 16.5. The summed E-state index contributed by atoms with van der Waals surface area (Å²) in [6.07, 6.45) is 11.1. The van der Waals surface area contributed by atoms with E-state index in [4.69, 9.17) is 4.74 Å². The number of rotatable bonds is 5. The fourth-order valence-electron chi connectivity index (χ4n) is 2.06. The van der Waals surface area contributed by atoms with Gasteiger partial charge in [-0.2, -0.15) is 0 Å². The van der Waals surface area contributed by atoms with Crippen LogP contribution >= 0.6 is 0 Å². The van der Waals surface area contributed by atoms with Gasteiger partial charge < -0.3 is 15.4 Å². The zero-order valence-corrected chi connectivity index (χ0v) is 11.9. The summed E-state index contributed by atoms with van der Waals surface area (Å²) in [6.45, 7) is 4.98. The van der Waals surface area contributed by atoms with Crippen molar-refractivity contribution in [3.05, 3.63) is 36.8 Å². The first-order valence-electron chi connectivity index (χ1n) is 6.86. The van der Waals surface area contributed by atoms with Crippen LogP contribution in [0.5, 0.6) is 0 Å². The minimum atomic E-state index is -0.443. The fourth-order valence-corrected chi connectivity index (χ4v) is 2.06. The highest BCUT2D eigenvalue weighted by Gasteiger charge is 2.15. The molecule has 5 nitrogen and oxygen atoms in total. The van der Waals surface area contributed by atoms with Gasteiger partial charge in [0.15, 0.2) is 0 Å². The van der Waals surface area contributed by atoms with Crippen molar-refractivity contribution in [1.82, 2.24) is 10.6 Å². The van der Waals surface area contributed by atoms with Crippen molar-refractivity contribution in [3.63, 3.8) is 0 Å². The molecular weight excluding hydrogens is 256 g/mol. The van der Waals surface area contributed by atoms with Gasteiger partial charge in [0.05, 0.1) is 6.26 Å². The van der Waals surface area contributed by atoms with Crippen LogP contribution in [0.2, 0.25) is 0 Å². The molecule has 110 valence electrons. The van der Waals surface area contributed by atoms with Gasteiger partial charge in [-0.15, -0.1) is 0 Å². The maximum atomic E-state index is 11.5. The molecule has 5 heteroatoms. The third-order valence-corrected chi connectivity index (χ3v) is 3.00. The second-order valence-corrected chi connectivity index (χ2v) is 4.72. The van der Waals surface area contributed by atoms with Crippen molar-refractivity contribution in [3.8, 4) is 0 Å². The monoisotopic (exact) mass is 278 g/mol. The quantitative estimate of drug-likeness (QED) is 0.600. The molecule has 1 saturated carbocycles. The van der Waals surface area contributed by atoms with E-state index in [0.29, 0.717) is 5.70 Å². The lowest BCUT2D eigenvalue weighted by Crippen LogP contribution is -2.35. The lowest BCUT2D eigenvalue weighted by molar-refractivity contribution is -0.118. The van der Waals surface area contributed by atoms with Gasteiger partial charge in [-0.3, -0.25) is 4.79 Å². The van der Waals surface area contributed by atoms with Crippen molar-refractivity contribution in [2.24, 2.45) is 0 Å². The van der Waals surface area contributed by atoms with E-state index in [1.54, 1.807) is 6.08 Å². The summed E-state index contributed by atoms with van der Waals surface area (Å²) in [4.78, 5) is 22.4. The number of carbonyl (C=O) groups excluding carboxylic acids is 2. The van der Waals surface area contributed by atoms with Gasteiger partial charge in [-0.05, 0) is 31.1 Å². The normalized spacial score (nSPS) is 16.8. The van der Waals surface area contributed by atoms with Gasteiger partial charge in [0, 0.05) is 18.7 Å². The summed E-state index contributed by atoms with van der Waals surface area (Å²) in [7, 11) is 0. The molecule has 0 aromatic carbocycles. The molecular formula is C15H22N2O3. The third-order valence-electron chi connectivity index (χ3n) is 3.00. The number of hydrogen-bond donors (Lipinski definition) is 2. The molecule has 2 N–H and O–H groups in total. The Bertz CT molecular complexity index is 407. The summed E-state index contributed by atoms with van der Waals surface area (Å²) < 4.78 is 4.92. The Balaban J connectivity index is 2.31. The first-order valence-corrected chi connectivity index (χ1v) is 6.86. The van der Waals surface area contributed by atoms with Crippen LogP contribution in [-0.2, 0) is 9.53 Å². The van der Waals surface area contributed by atoms with Crippen LogP contribution in [0.4, 0.5) is 4.79 Å². The number of hydrogen-bond acceptors (Lipinski definition) is 3. The van der Waals surface area contributed by atoms with Gasteiger partial charge in [0.25, 0.3) is 0 Å². The topological polar surface area (TPSA) is 67.4 Å². The van der Waals surface area contributed by atoms with Crippen LogP contribution in [-0.4, -0.2) is 18.0 Å². The lowest BCUT2D eigenvalue weighted by atomic mass is 9.96. The summed E-state index contributed by atoms with van der Waals surface area (Å²) in [5.74, 6) is -0.180. The van der Waals surface area contributed by atoms with Crippen LogP contribution < -0.4 is 10.6 Å². The minimum absolute atomic E-state index is 0.180. The Kier molecular flexibility index (Phi) is 7.17. The molecule has 0 spiro atoms. The van der Waals surface area contributed by atoms with Gasteiger partial charge >= 0.3 is 6.09 Å². The minimum Gasteiger partial charge on any atom is -0.418 e. The fraction of sp³-hybridized carbons (Fsp3) is 0.467. The molecule has 2 amide bonds. The maximum absolute atomic E-state index is 11.5. The van der Waals surface area contributed by atoms with Crippen LogP contribution in [0.3, 0.4) is 0 Å². The molecule has 0 aliphatic heterocycles. The number of nitrogens with one attached hydrogen (secondary N) is 2. The van der Waals surface area contributed by atoms with E-state index in [1.165, 1.54) is 31.8 Å². The zero-order chi connectivity index (χ0) is 14.8. The predicted octanol–water partition coefficient (Wildman–Crippen LogP) is 2.77. The zero-order valence-electron chi connectivity index (χ0n) is 11.9. The molecule has 0 unspecified atom stereocenters. The highest BCUT2D eigenvalue weighted by molar-refractivity contribution is 5.75. The summed E-state index contributed by atoms with van der Waals surface area (Å²) in [5.41, 5.74) is 0.546. The van der Waals surface area contributed by atoms with Gasteiger partial charge in [-0.25, -0.2) is 4.79 Å². The average Bonchev–Trinajstić information content (AvgIpc) is 2.43. The molecule has 1 fully saturated rings. The third kappa shape index (κ3) is 6.78.